The SMILES string of the molecule is Cc1cccc(-c2cc(-c3ccccc3)nc(-c3cc(-c4cc(-c5cccc(C)c5)cc(-c5ccccc5)n4)cc(-c4cc(-c5cccc(C)c5)cc(-c5ccccc5)n4)c3)c2)c1.Cc1cccc(/C=C/C(=O)c2cc(C(=O)/C=C/c3cccc(C)c3)cc(C(=O)/C=C/c3cccc(C)c3)c2)c1.O=C(C[n+]1ccccc1)c1ccccc1.[Br-]. The Morgan fingerprint density at radius 2 is 0.492 bits per heavy atom. The van der Waals surface area contributed by atoms with Crippen LogP contribution in [0.5, 0.6) is 0 Å². The Balaban J connectivity index is 0.000000185. The van der Waals surface area contributed by atoms with Crippen LogP contribution in [0.15, 0.2) is 389 Å². The van der Waals surface area contributed by atoms with Crippen LogP contribution >= 0.6 is 0 Å². The van der Waals surface area contributed by atoms with E-state index in [2.05, 4.69) is 221 Å². The number of benzene rings is 12. The number of pyridine rings is 4. The lowest BCUT2D eigenvalue weighted by atomic mass is 9.93. The molecule has 4 aromatic heterocycles. The minimum absolute atomic E-state index is 0. The van der Waals surface area contributed by atoms with Gasteiger partial charge in [0, 0.05) is 67.8 Å². The highest BCUT2D eigenvalue weighted by atomic mass is 79.9. The summed E-state index contributed by atoms with van der Waals surface area (Å²) in [6.07, 6.45) is 13.4. The van der Waals surface area contributed by atoms with Crippen LogP contribution in [0.4, 0.5) is 0 Å². The summed E-state index contributed by atoms with van der Waals surface area (Å²) in [7, 11) is 0. The predicted molar refractivity (Wildman–Crippen MR) is 480 cm³/mol. The lowest BCUT2D eigenvalue weighted by Crippen LogP contribution is -3.00. The summed E-state index contributed by atoms with van der Waals surface area (Å²) in [6.45, 7) is 12.8. The first-order valence-corrected chi connectivity index (χ1v) is 39.2. The monoisotopic (exact) mass is 1590 g/mol. The van der Waals surface area contributed by atoms with Gasteiger partial charge in [0.1, 0.15) is 0 Å². The van der Waals surface area contributed by atoms with Gasteiger partial charge in [-0.25, -0.2) is 15.0 Å². The molecular formula is C109H87BrN4O4. The molecule has 12 aromatic carbocycles. The van der Waals surface area contributed by atoms with Crippen LogP contribution in [0.1, 0.15) is 91.5 Å². The van der Waals surface area contributed by atoms with E-state index in [0.29, 0.717) is 6.54 Å². The Morgan fingerprint density at radius 3 is 0.780 bits per heavy atom. The average Bonchev–Trinajstić information content (AvgIpc) is 0.772. The first-order valence-electron chi connectivity index (χ1n) is 39.2. The van der Waals surface area contributed by atoms with E-state index in [-0.39, 0.29) is 56.8 Å². The van der Waals surface area contributed by atoms with Crippen molar-refractivity contribution < 1.29 is 40.7 Å². The molecule has 0 aliphatic rings. The summed E-state index contributed by atoms with van der Waals surface area (Å²) in [5.41, 5.74) is 29.4. The lowest BCUT2D eigenvalue weighted by Gasteiger charge is -2.16. The van der Waals surface area contributed by atoms with Crippen LogP contribution in [-0.2, 0) is 6.54 Å². The fourth-order valence-corrected chi connectivity index (χ4v) is 14.0. The van der Waals surface area contributed by atoms with Gasteiger partial charge in [0.25, 0.3) is 0 Å². The Morgan fingerprint density at radius 1 is 0.237 bits per heavy atom. The van der Waals surface area contributed by atoms with E-state index in [4.69, 9.17) is 15.0 Å². The van der Waals surface area contributed by atoms with Crippen molar-refractivity contribution in [1.29, 1.82) is 0 Å². The van der Waals surface area contributed by atoms with Gasteiger partial charge in [0.15, 0.2) is 29.7 Å². The van der Waals surface area contributed by atoms with Crippen LogP contribution in [0, 0.1) is 41.5 Å². The summed E-state index contributed by atoms with van der Waals surface area (Å²) in [4.78, 5) is 67.5. The quantitative estimate of drug-likeness (QED) is 0.0400. The molecule has 0 saturated heterocycles. The van der Waals surface area contributed by atoms with Gasteiger partial charge in [-0.05, 0) is 183 Å². The zero-order chi connectivity index (χ0) is 81.0. The van der Waals surface area contributed by atoms with Gasteiger partial charge in [-0.15, -0.1) is 0 Å². The average molecular weight is 1600 g/mol. The molecule has 118 heavy (non-hydrogen) atoms. The van der Waals surface area contributed by atoms with Crippen molar-refractivity contribution in [2.75, 3.05) is 0 Å². The molecule has 0 spiro atoms. The summed E-state index contributed by atoms with van der Waals surface area (Å²) < 4.78 is 1.87. The third-order valence-corrected chi connectivity index (χ3v) is 20.0. The molecule has 0 fully saturated rings. The maximum absolute atomic E-state index is 13.1. The Hall–Kier alpha value is -14.4. The van der Waals surface area contributed by atoms with Gasteiger partial charge in [0.2, 0.25) is 12.3 Å². The van der Waals surface area contributed by atoms with Crippen molar-refractivity contribution in [2.45, 2.75) is 48.1 Å². The normalized spacial score (nSPS) is 11.0. The molecule has 0 atom stereocenters. The molecule has 0 aliphatic heterocycles. The van der Waals surface area contributed by atoms with Gasteiger partial charge in [0.05, 0.1) is 34.2 Å². The molecule has 8 nitrogen and oxygen atoms in total. The maximum Gasteiger partial charge on any atom is 0.227 e. The van der Waals surface area contributed by atoms with E-state index in [1.165, 1.54) is 34.9 Å². The highest BCUT2D eigenvalue weighted by Crippen LogP contribution is 2.40. The van der Waals surface area contributed by atoms with E-state index >= 15 is 0 Å². The first-order chi connectivity index (χ1) is 57.0. The summed E-state index contributed by atoms with van der Waals surface area (Å²) >= 11 is 0. The number of aromatic nitrogens is 4. The fourth-order valence-electron chi connectivity index (χ4n) is 14.0. The Bertz CT molecular complexity index is 5810. The van der Waals surface area contributed by atoms with Crippen LogP contribution in [0.3, 0.4) is 0 Å². The van der Waals surface area contributed by atoms with Gasteiger partial charge in [-0.2, -0.15) is 4.57 Å². The smallest absolute Gasteiger partial charge is 0.227 e. The number of aryl methyl sites for hydroxylation is 6. The van der Waals surface area contributed by atoms with Crippen molar-refractivity contribution in [2.24, 2.45) is 0 Å². The van der Waals surface area contributed by atoms with Gasteiger partial charge >= 0.3 is 0 Å². The third kappa shape index (κ3) is 21.9. The molecule has 9 heteroatoms. The topological polar surface area (TPSA) is 111 Å². The molecule has 0 bridgehead atoms. The van der Waals surface area contributed by atoms with Crippen LogP contribution < -0.4 is 21.5 Å². The molecular weight excluding hydrogens is 1510 g/mol. The van der Waals surface area contributed by atoms with Crippen molar-refractivity contribution in [3.8, 4) is 101 Å². The molecule has 0 saturated carbocycles. The second-order valence-electron chi connectivity index (χ2n) is 29.4. The molecule has 0 aliphatic carbocycles. The highest BCUT2D eigenvalue weighted by molar-refractivity contribution is 6.15. The zero-order valence-corrected chi connectivity index (χ0v) is 68.3. The van der Waals surface area contributed by atoms with Crippen LogP contribution in [0.2, 0.25) is 0 Å². The molecule has 574 valence electrons. The van der Waals surface area contributed by atoms with Crippen molar-refractivity contribution >= 4 is 41.4 Å². The standard InChI is InChI=1S/C60H45N3.C36H30O3.C13H12NO.BrH/c1-40-16-13-25-46(28-40)49-34-55(43-19-7-4-8-20-43)61-58(37-49)52-31-53(59-38-50(47-26-14-17-41(2)29-47)35-56(62-59)44-21-9-5-10-22-44)33-54(32-52)60-39-51(48-27-15-18-42(3)30-48)36-57(63-60)45-23-11-6-12-24-45;1-25-7-4-10-28(19-25)13-16-34(37)31-22-32(35(38)17-14-29-11-5-8-26(2)20-29)24-33(23-31)36(39)18-15-30-12-6-9-27(3)21-30;15-13(12-7-3-1-4-8-12)11-14-9-5-2-6-10-14;/h4-39H,1-3H3;4-24H,1-3H3;1-10H,11H2;1H/q;;+1;/p-1/b;16-13+,17-14+,18-15+;;. The molecule has 0 N–H and O–H groups in total. The number of hydrogen-bond donors (Lipinski definition) is 0. The Kier molecular flexibility index (Phi) is 27.1. The number of allylic oxidation sites excluding steroid dienone is 3. The first kappa shape index (κ1) is 81.6. The molecule has 0 amide bonds. The molecule has 0 radical (unpaired) electrons. The minimum Gasteiger partial charge on any atom is -1.00 e. The van der Waals surface area contributed by atoms with Gasteiger partial charge in [-0.1, -0.05) is 325 Å². The van der Waals surface area contributed by atoms with Crippen LogP contribution in [0.25, 0.3) is 119 Å². The maximum atomic E-state index is 13.1. The Labute approximate surface area is 702 Å². The molecule has 16 rings (SSSR count). The highest BCUT2D eigenvalue weighted by Gasteiger charge is 2.20. The summed E-state index contributed by atoms with van der Waals surface area (Å²) in [6, 6.07) is 121. The number of halogens is 1. The number of nitrogens with zero attached hydrogens (tertiary/aromatic N) is 4. The largest absolute Gasteiger partial charge is 1.00 e. The fraction of sp³-hybridized carbons (Fsp3) is 0.0642. The third-order valence-electron chi connectivity index (χ3n) is 20.0. The molecule has 0 unspecified atom stereocenters. The molecule has 16 aromatic rings. The van der Waals surface area contributed by atoms with Gasteiger partial charge < -0.3 is 17.0 Å². The predicted octanol–water partition coefficient (Wildman–Crippen LogP) is 23.0. The number of Topliss-reactive ketones (excluding diaryl/α,β-unsaturated/α-hetero) is 1. The summed E-state index contributed by atoms with van der Waals surface area (Å²) in [5, 5.41) is 0. The van der Waals surface area contributed by atoms with E-state index in [0.717, 1.165) is 140 Å². The van der Waals surface area contributed by atoms with Crippen LogP contribution in [-0.4, -0.2) is 38.1 Å². The van der Waals surface area contributed by atoms with Crippen molar-refractivity contribution in [3.05, 3.63) is 461 Å². The molecule has 4 heterocycles. The second kappa shape index (κ2) is 39.1. The number of carbonyl (C=O) groups is 4. The number of ketones is 4. The van der Waals surface area contributed by atoms with E-state index in [9.17, 15) is 19.2 Å². The van der Waals surface area contributed by atoms with E-state index in [1.54, 1.807) is 36.4 Å². The second-order valence-corrected chi connectivity index (χ2v) is 29.4. The van der Waals surface area contributed by atoms with Crippen molar-refractivity contribution in [1.82, 2.24) is 15.0 Å². The lowest BCUT2D eigenvalue weighted by molar-refractivity contribution is -0.683. The van der Waals surface area contributed by atoms with E-state index < -0.39 is 0 Å². The minimum atomic E-state index is -0.287. The van der Waals surface area contributed by atoms with Gasteiger partial charge in [-0.3, -0.25) is 19.2 Å². The van der Waals surface area contributed by atoms with E-state index in [1.807, 2.05) is 177 Å². The number of hydrogen-bond acceptors (Lipinski definition) is 7. The zero-order valence-electron chi connectivity index (χ0n) is 66.7. The van der Waals surface area contributed by atoms with Crippen molar-refractivity contribution in [3.63, 3.8) is 0 Å². The number of rotatable bonds is 21. The summed E-state index contributed by atoms with van der Waals surface area (Å²) in [5.74, 6) is -0.728. The number of carbonyl (C=O) groups excluding carboxylic acids is 4.